The third-order valence-corrected chi connectivity index (χ3v) is 3.50. The summed E-state index contributed by atoms with van der Waals surface area (Å²) >= 11 is 0. The van der Waals surface area contributed by atoms with Gasteiger partial charge in [0, 0.05) is 31.8 Å². The molecule has 1 rings (SSSR count). The predicted molar refractivity (Wildman–Crippen MR) is 82.9 cm³/mol. The Morgan fingerprint density at radius 2 is 1.75 bits per heavy atom. The second-order valence-electron chi connectivity index (χ2n) is 4.71. The first-order chi connectivity index (χ1) is 9.58. The van der Waals surface area contributed by atoms with Crippen LogP contribution in [0.4, 0.5) is 11.4 Å². The van der Waals surface area contributed by atoms with Crippen LogP contribution in [0, 0.1) is 0 Å². The van der Waals surface area contributed by atoms with Crippen molar-refractivity contribution >= 4 is 11.4 Å². The minimum atomic E-state index is 0.366. The van der Waals surface area contributed by atoms with Crippen molar-refractivity contribution in [2.75, 3.05) is 45.1 Å². The Kier molecular flexibility index (Phi) is 6.45. The maximum atomic E-state index is 6.17. The van der Waals surface area contributed by atoms with Crippen molar-refractivity contribution in [3.63, 3.8) is 0 Å². The molecule has 0 saturated heterocycles. The number of benzene rings is 1. The van der Waals surface area contributed by atoms with Gasteiger partial charge in [-0.05, 0) is 13.3 Å². The van der Waals surface area contributed by atoms with Gasteiger partial charge in [0.25, 0.3) is 0 Å². The average Bonchev–Trinajstić information content (AvgIpc) is 2.47. The van der Waals surface area contributed by atoms with Gasteiger partial charge in [0.2, 0.25) is 0 Å². The molecule has 5 heteroatoms. The molecule has 0 heterocycles. The van der Waals surface area contributed by atoms with Crippen LogP contribution < -0.4 is 20.1 Å². The summed E-state index contributed by atoms with van der Waals surface area (Å²) in [4.78, 5) is 2.24. The van der Waals surface area contributed by atoms with Gasteiger partial charge in [-0.15, -0.1) is 0 Å². The number of ether oxygens (including phenoxy) is 3. The molecule has 1 aromatic carbocycles. The van der Waals surface area contributed by atoms with Gasteiger partial charge in [-0.3, -0.25) is 0 Å². The lowest BCUT2D eigenvalue weighted by Gasteiger charge is -2.32. The molecule has 114 valence electrons. The van der Waals surface area contributed by atoms with Gasteiger partial charge in [-0.2, -0.15) is 0 Å². The van der Waals surface area contributed by atoms with E-state index in [1.807, 2.05) is 6.07 Å². The molecule has 5 nitrogen and oxygen atoms in total. The first-order valence-electron chi connectivity index (χ1n) is 6.86. The molecular weight excluding hydrogens is 256 g/mol. The quantitative estimate of drug-likeness (QED) is 0.743. The molecule has 1 atom stereocenters. The van der Waals surface area contributed by atoms with Crippen molar-refractivity contribution in [1.82, 2.24) is 0 Å². The van der Waals surface area contributed by atoms with E-state index in [9.17, 15) is 0 Å². The molecule has 20 heavy (non-hydrogen) atoms. The highest BCUT2D eigenvalue weighted by Crippen LogP contribution is 2.37. The van der Waals surface area contributed by atoms with Crippen LogP contribution in [-0.2, 0) is 4.74 Å². The molecule has 0 aliphatic carbocycles. The first-order valence-corrected chi connectivity index (χ1v) is 6.86. The van der Waals surface area contributed by atoms with Crippen LogP contribution in [0.25, 0.3) is 0 Å². The standard InChI is InChI=1S/C15H26N2O3/c1-6-11(2)17(7-8-18-3)13-10-15(20-5)14(19-4)9-12(13)16/h9-11H,6-8,16H2,1-5H3. The molecule has 2 N–H and O–H groups in total. The Labute approximate surface area is 121 Å². The molecule has 0 radical (unpaired) electrons. The van der Waals surface area contributed by atoms with Crippen molar-refractivity contribution in [1.29, 1.82) is 0 Å². The van der Waals surface area contributed by atoms with Gasteiger partial charge in [-0.1, -0.05) is 6.92 Å². The lowest BCUT2D eigenvalue weighted by atomic mass is 10.1. The second kappa shape index (κ2) is 7.85. The third kappa shape index (κ3) is 3.70. The van der Waals surface area contributed by atoms with Crippen LogP contribution in [0.3, 0.4) is 0 Å². The molecule has 0 aliphatic rings. The number of methoxy groups -OCH3 is 3. The van der Waals surface area contributed by atoms with E-state index in [2.05, 4.69) is 18.7 Å². The number of anilines is 2. The molecule has 0 saturated carbocycles. The summed E-state index contributed by atoms with van der Waals surface area (Å²) in [6, 6.07) is 4.09. The van der Waals surface area contributed by atoms with Crippen molar-refractivity contribution in [2.24, 2.45) is 0 Å². The summed E-state index contributed by atoms with van der Waals surface area (Å²) < 4.78 is 15.8. The van der Waals surface area contributed by atoms with Crippen LogP contribution >= 0.6 is 0 Å². The highest BCUT2D eigenvalue weighted by molar-refractivity contribution is 5.73. The summed E-state index contributed by atoms with van der Waals surface area (Å²) in [7, 11) is 4.93. The highest BCUT2D eigenvalue weighted by atomic mass is 16.5. The van der Waals surface area contributed by atoms with E-state index < -0.39 is 0 Å². The first kappa shape index (κ1) is 16.4. The van der Waals surface area contributed by atoms with E-state index in [1.54, 1.807) is 27.4 Å². The fourth-order valence-corrected chi connectivity index (χ4v) is 2.12. The molecule has 0 amide bonds. The summed E-state index contributed by atoms with van der Waals surface area (Å²) in [5.74, 6) is 1.33. The number of rotatable bonds is 8. The molecule has 0 spiro atoms. The van der Waals surface area contributed by atoms with E-state index >= 15 is 0 Å². The lowest BCUT2D eigenvalue weighted by Crippen LogP contribution is -2.36. The SMILES string of the molecule is CCC(C)N(CCOC)c1cc(OC)c(OC)cc1N. The Hall–Kier alpha value is -1.62. The van der Waals surface area contributed by atoms with E-state index in [-0.39, 0.29) is 0 Å². The van der Waals surface area contributed by atoms with Gasteiger partial charge < -0.3 is 24.8 Å². The lowest BCUT2D eigenvalue weighted by molar-refractivity contribution is 0.203. The second-order valence-corrected chi connectivity index (χ2v) is 4.71. The fraction of sp³-hybridized carbons (Fsp3) is 0.600. The van der Waals surface area contributed by atoms with Crippen molar-refractivity contribution in [2.45, 2.75) is 26.3 Å². The zero-order valence-corrected chi connectivity index (χ0v) is 13.1. The van der Waals surface area contributed by atoms with Crippen LogP contribution in [-0.4, -0.2) is 40.5 Å². The minimum Gasteiger partial charge on any atom is -0.493 e. The molecule has 0 bridgehead atoms. The van der Waals surface area contributed by atoms with Crippen molar-refractivity contribution < 1.29 is 14.2 Å². The predicted octanol–water partition coefficient (Wildman–Crippen LogP) is 2.54. The van der Waals surface area contributed by atoms with E-state index in [0.717, 1.165) is 18.7 Å². The summed E-state index contributed by atoms with van der Waals surface area (Å²) in [5.41, 5.74) is 7.80. The summed E-state index contributed by atoms with van der Waals surface area (Å²) in [5, 5.41) is 0. The van der Waals surface area contributed by atoms with E-state index in [1.165, 1.54) is 0 Å². The van der Waals surface area contributed by atoms with Crippen molar-refractivity contribution in [3.8, 4) is 11.5 Å². The molecule has 0 fully saturated rings. The number of nitrogen functional groups attached to an aromatic ring is 1. The van der Waals surface area contributed by atoms with Crippen LogP contribution in [0.5, 0.6) is 11.5 Å². The summed E-state index contributed by atoms with van der Waals surface area (Å²) in [6.07, 6.45) is 1.03. The van der Waals surface area contributed by atoms with Crippen molar-refractivity contribution in [3.05, 3.63) is 12.1 Å². The highest BCUT2D eigenvalue weighted by Gasteiger charge is 2.18. The van der Waals surface area contributed by atoms with Crippen LogP contribution in [0.1, 0.15) is 20.3 Å². The Morgan fingerprint density at radius 3 is 2.25 bits per heavy atom. The normalized spacial score (nSPS) is 12.1. The third-order valence-electron chi connectivity index (χ3n) is 3.50. The smallest absolute Gasteiger partial charge is 0.162 e. The van der Waals surface area contributed by atoms with Gasteiger partial charge >= 0.3 is 0 Å². The zero-order chi connectivity index (χ0) is 15.1. The molecule has 0 aromatic heterocycles. The summed E-state index contributed by atoms with van der Waals surface area (Å²) in [6.45, 7) is 5.76. The molecule has 1 unspecified atom stereocenters. The van der Waals surface area contributed by atoms with Gasteiger partial charge in [0.15, 0.2) is 11.5 Å². The van der Waals surface area contributed by atoms with Gasteiger partial charge in [0.1, 0.15) is 0 Å². The average molecular weight is 282 g/mol. The van der Waals surface area contributed by atoms with Gasteiger partial charge in [0.05, 0.1) is 32.2 Å². The van der Waals surface area contributed by atoms with E-state index in [4.69, 9.17) is 19.9 Å². The number of nitrogens with zero attached hydrogens (tertiary/aromatic N) is 1. The molecule has 1 aromatic rings. The molecular formula is C15H26N2O3. The van der Waals surface area contributed by atoms with Gasteiger partial charge in [-0.25, -0.2) is 0 Å². The fourth-order valence-electron chi connectivity index (χ4n) is 2.12. The topological polar surface area (TPSA) is 57.0 Å². The minimum absolute atomic E-state index is 0.366. The Morgan fingerprint density at radius 1 is 1.15 bits per heavy atom. The Balaban J connectivity index is 3.17. The van der Waals surface area contributed by atoms with E-state index in [0.29, 0.717) is 29.8 Å². The number of hydrogen-bond acceptors (Lipinski definition) is 5. The Bertz CT molecular complexity index is 424. The maximum Gasteiger partial charge on any atom is 0.162 e. The largest absolute Gasteiger partial charge is 0.493 e. The van der Waals surface area contributed by atoms with Crippen LogP contribution in [0.2, 0.25) is 0 Å². The maximum absolute atomic E-state index is 6.17. The number of nitrogens with two attached hydrogens (primary N) is 1. The zero-order valence-electron chi connectivity index (χ0n) is 13.1. The number of hydrogen-bond donors (Lipinski definition) is 1. The monoisotopic (exact) mass is 282 g/mol. The molecule has 0 aliphatic heterocycles. The van der Waals surface area contributed by atoms with Crippen LogP contribution in [0.15, 0.2) is 12.1 Å².